The second-order valence-corrected chi connectivity index (χ2v) is 4.45. The number of allylic oxidation sites excluding steroid dienone is 2. The summed E-state index contributed by atoms with van der Waals surface area (Å²) >= 11 is 0. The van der Waals surface area contributed by atoms with Crippen molar-refractivity contribution in [1.29, 1.82) is 0 Å². The smallest absolute Gasteiger partial charge is 0.0195 e. The molecule has 0 spiro atoms. The van der Waals surface area contributed by atoms with Gasteiger partial charge in [0, 0.05) is 0 Å². The van der Waals surface area contributed by atoms with E-state index in [2.05, 4.69) is 44.2 Å². The van der Waals surface area contributed by atoms with Gasteiger partial charge in [-0.25, -0.2) is 0 Å². The summed E-state index contributed by atoms with van der Waals surface area (Å²) in [4.78, 5) is 0. The molecule has 0 unspecified atom stereocenters. The van der Waals surface area contributed by atoms with Gasteiger partial charge in [-0.1, -0.05) is 44.2 Å². The van der Waals surface area contributed by atoms with Crippen molar-refractivity contribution < 1.29 is 0 Å². The number of aryl methyl sites for hydroxylation is 1. The number of hydrogen-bond acceptors (Lipinski definition) is 0. The number of rotatable bonds is 1. The SMILES string of the molecule is CC(C)/C=C1\CCCc2ccccc21. The Kier molecular flexibility index (Phi) is 2.72. The molecule has 0 saturated carbocycles. The summed E-state index contributed by atoms with van der Waals surface area (Å²) in [6.45, 7) is 4.51. The Hall–Kier alpha value is -1.04. The van der Waals surface area contributed by atoms with Gasteiger partial charge in [-0.05, 0) is 41.9 Å². The fraction of sp³-hybridized carbons (Fsp3) is 0.429. The first-order valence-electron chi connectivity index (χ1n) is 5.56. The molecule has 1 aromatic carbocycles. The fourth-order valence-corrected chi connectivity index (χ4v) is 2.23. The minimum Gasteiger partial charge on any atom is -0.0781 e. The molecule has 1 aliphatic carbocycles. The van der Waals surface area contributed by atoms with Crippen LogP contribution in [0.3, 0.4) is 0 Å². The number of hydrogen-bond donors (Lipinski definition) is 0. The summed E-state index contributed by atoms with van der Waals surface area (Å²) in [5.74, 6) is 0.663. The summed E-state index contributed by atoms with van der Waals surface area (Å²) in [5, 5.41) is 0. The summed E-state index contributed by atoms with van der Waals surface area (Å²) in [5.41, 5.74) is 4.58. The quantitative estimate of drug-likeness (QED) is 0.620. The summed E-state index contributed by atoms with van der Waals surface area (Å²) in [6, 6.07) is 8.83. The van der Waals surface area contributed by atoms with E-state index in [1.54, 1.807) is 5.57 Å². The van der Waals surface area contributed by atoms with Crippen molar-refractivity contribution in [3.05, 3.63) is 41.5 Å². The van der Waals surface area contributed by atoms with E-state index >= 15 is 0 Å². The van der Waals surface area contributed by atoms with Gasteiger partial charge >= 0.3 is 0 Å². The largest absolute Gasteiger partial charge is 0.0781 e. The lowest BCUT2D eigenvalue weighted by molar-refractivity contribution is 0.792. The highest BCUT2D eigenvalue weighted by atomic mass is 14.2. The third kappa shape index (κ3) is 1.89. The molecule has 0 aromatic heterocycles. The van der Waals surface area contributed by atoms with Gasteiger partial charge in [0.25, 0.3) is 0 Å². The Bertz CT molecular complexity index is 345. The molecule has 2 rings (SSSR count). The van der Waals surface area contributed by atoms with Crippen molar-refractivity contribution in [2.45, 2.75) is 33.1 Å². The molecule has 0 amide bonds. The first kappa shape index (κ1) is 9.51. The van der Waals surface area contributed by atoms with Gasteiger partial charge in [-0.2, -0.15) is 0 Å². The highest BCUT2D eigenvalue weighted by Crippen LogP contribution is 2.31. The number of benzene rings is 1. The molecule has 14 heavy (non-hydrogen) atoms. The maximum absolute atomic E-state index is 2.41. The Balaban J connectivity index is 2.40. The standard InChI is InChI=1S/C14H18/c1-11(2)10-13-8-5-7-12-6-3-4-9-14(12)13/h3-4,6,9-11H,5,7-8H2,1-2H3/b13-10+. The first-order valence-corrected chi connectivity index (χ1v) is 5.56. The molecular formula is C14H18. The van der Waals surface area contributed by atoms with E-state index < -0.39 is 0 Å². The molecule has 0 aliphatic heterocycles. The van der Waals surface area contributed by atoms with Gasteiger partial charge < -0.3 is 0 Å². The topological polar surface area (TPSA) is 0 Å². The molecule has 1 aliphatic rings. The van der Waals surface area contributed by atoms with Crippen LogP contribution in [0.4, 0.5) is 0 Å². The van der Waals surface area contributed by atoms with Gasteiger partial charge in [-0.3, -0.25) is 0 Å². The van der Waals surface area contributed by atoms with Crippen LogP contribution < -0.4 is 0 Å². The second-order valence-electron chi connectivity index (χ2n) is 4.45. The number of fused-ring (bicyclic) bond motifs is 1. The van der Waals surface area contributed by atoms with Crippen molar-refractivity contribution in [2.24, 2.45) is 5.92 Å². The highest BCUT2D eigenvalue weighted by molar-refractivity contribution is 5.70. The summed E-state index contributed by atoms with van der Waals surface area (Å²) < 4.78 is 0. The lowest BCUT2D eigenvalue weighted by atomic mass is 9.86. The van der Waals surface area contributed by atoms with Gasteiger partial charge in [0.05, 0.1) is 0 Å². The van der Waals surface area contributed by atoms with Crippen LogP contribution in [0, 0.1) is 5.92 Å². The van der Waals surface area contributed by atoms with Crippen LogP contribution in [0.2, 0.25) is 0 Å². The zero-order chi connectivity index (χ0) is 9.97. The molecule has 0 heterocycles. The van der Waals surface area contributed by atoms with Gasteiger partial charge in [0.1, 0.15) is 0 Å². The van der Waals surface area contributed by atoms with Crippen LogP contribution in [0.1, 0.15) is 37.8 Å². The maximum atomic E-state index is 2.41. The van der Waals surface area contributed by atoms with Crippen LogP contribution in [0.5, 0.6) is 0 Å². The van der Waals surface area contributed by atoms with Crippen LogP contribution in [-0.4, -0.2) is 0 Å². The Morgan fingerprint density at radius 1 is 1.14 bits per heavy atom. The summed E-state index contributed by atoms with van der Waals surface area (Å²) in [7, 11) is 0. The van der Waals surface area contributed by atoms with Crippen molar-refractivity contribution in [1.82, 2.24) is 0 Å². The summed E-state index contributed by atoms with van der Waals surface area (Å²) in [6.07, 6.45) is 6.24. The van der Waals surface area contributed by atoms with Crippen molar-refractivity contribution >= 4 is 5.57 Å². The Morgan fingerprint density at radius 2 is 1.93 bits per heavy atom. The molecule has 0 radical (unpaired) electrons. The third-order valence-electron chi connectivity index (χ3n) is 2.79. The van der Waals surface area contributed by atoms with Crippen LogP contribution >= 0.6 is 0 Å². The predicted molar refractivity (Wildman–Crippen MR) is 62.2 cm³/mol. The Labute approximate surface area is 86.7 Å². The van der Waals surface area contributed by atoms with Crippen LogP contribution in [-0.2, 0) is 6.42 Å². The van der Waals surface area contributed by atoms with E-state index in [9.17, 15) is 0 Å². The monoisotopic (exact) mass is 186 g/mol. The minimum atomic E-state index is 0.663. The molecule has 0 fully saturated rings. The molecule has 1 aromatic rings. The van der Waals surface area contributed by atoms with E-state index in [0.29, 0.717) is 5.92 Å². The van der Waals surface area contributed by atoms with Crippen LogP contribution in [0.25, 0.3) is 5.57 Å². The maximum Gasteiger partial charge on any atom is -0.0195 e. The lowest BCUT2D eigenvalue weighted by Gasteiger charge is -2.19. The van der Waals surface area contributed by atoms with Gasteiger partial charge in [0.15, 0.2) is 0 Å². The second kappa shape index (κ2) is 4.00. The zero-order valence-electron chi connectivity index (χ0n) is 9.09. The average molecular weight is 186 g/mol. The molecule has 0 nitrogen and oxygen atoms in total. The minimum absolute atomic E-state index is 0.663. The fourth-order valence-electron chi connectivity index (χ4n) is 2.23. The van der Waals surface area contributed by atoms with E-state index in [0.717, 1.165) is 0 Å². The van der Waals surface area contributed by atoms with Crippen molar-refractivity contribution in [3.63, 3.8) is 0 Å². The molecule has 0 bridgehead atoms. The van der Waals surface area contributed by atoms with Gasteiger partial charge in [0.2, 0.25) is 0 Å². The normalized spacial score (nSPS) is 18.6. The highest BCUT2D eigenvalue weighted by Gasteiger charge is 2.12. The Morgan fingerprint density at radius 3 is 2.71 bits per heavy atom. The van der Waals surface area contributed by atoms with Crippen molar-refractivity contribution in [2.75, 3.05) is 0 Å². The van der Waals surface area contributed by atoms with E-state index in [1.807, 2.05) is 0 Å². The van der Waals surface area contributed by atoms with E-state index in [-0.39, 0.29) is 0 Å². The predicted octanol–water partition coefficient (Wildman–Crippen LogP) is 4.06. The molecule has 0 saturated heterocycles. The van der Waals surface area contributed by atoms with Crippen LogP contribution in [0.15, 0.2) is 30.3 Å². The van der Waals surface area contributed by atoms with E-state index in [4.69, 9.17) is 0 Å². The average Bonchev–Trinajstić information content (AvgIpc) is 2.18. The van der Waals surface area contributed by atoms with E-state index in [1.165, 1.54) is 30.4 Å². The van der Waals surface area contributed by atoms with Crippen molar-refractivity contribution in [3.8, 4) is 0 Å². The molecule has 0 heteroatoms. The zero-order valence-corrected chi connectivity index (χ0v) is 9.09. The first-order chi connectivity index (χ1) is 6.77. The molecule has 0 N–H and O–H groups in total. The van der Waals surface area contributed by atoms with Gasteiger partial charge in [-0.15, -0.1) is 0 Å². The molecule has 0 atom stereocenters. The lowest BCUT2D eigenvalue weighted by Crippen LogP contribution is -2.02. The third-order valence-corrected chi connectivity index (χ3v) is 2.79. The molecular weight excluding hydrogens is 168 g/mol. The molecule has 74 valence electrons.